The van der Waals surface area contributed by atoms with E-state index in [4.69, 9.17) is 0 Å². The molecule has 1 nitrogen and oxygen atoms in total. The highest BCUT2D eigenvalue weighted by molar-refractivity contribution is 5.32. The van der Waals surface area contributed by atoms with Crippen LogP contribution in [-0.4, -0.2) is 5.11 Å². The van der Waals surface area contributed by atoms with E-state index in [9.17, 15) is 18.3 Å². The van der Waals surface area contributed by atoms with Gasteiger partial charge in [0.25, 0.3) is 0 Å². The van der Waals surface area contributed by atoms with E-state index in [1.54, 1.807) is 18.2 Å². The Labute approximate surface area is 96.1 Å². The second-order valence-electron chi connectivity index (χ2n) is 3.57. The van der Waals surface area contributed by atoms with Gasteiger partial charge >= 0.3 is 0 Å². The minimum atomic E-state index is -1.52. The maximum absolute atomic E-state index is 13.4. The topological polar surface area (TPSA) is 20.2 Å². The minimum Gasteiger partial charge on any atom is -0.383 e. The van der Waals surface area contributed by atoms with Crippen LogP contribution in [0, 0.1) is 17.5 Å². The van der Waals surface area contributed by atoms with Crippen LogP contribution in [0.2, 0.25) is 0 Å². The Kier molecular flexibility index (Phi) is 3.15. The van der Waals surface area contributed by atoms with Crippen molar-refractivity contribution in [1.29, 1.82) is 0 Å². The quantitative estimate of drug-likeness (QED) is 0.796. The van der Waals surface area contributed by atoms with Gasteiger partial charge in [0.1, 0.15) is 11.9 Å². The summed E-state index contributed by atoms with van der Waals surface area (Å²) in [5, 5.41) is 9.83. The number of rotatable bonds is 2. The molecule has 88 valence electrons. The van der Waals surface area contributed by atoms with Crippen LogP contribution in [0.4, 0.5) is 13.2 Å². The number of hydrogen-bond donors (Lipinski definition) is 1. The van der Waals surface area contributed by atoms with Crippen LogP contribution in [0.15, 0.2) is 42.5 Å². The predicted octanol–water partition coefficient (Wildman–Crippen LogP) is 3.19. The van der Waals surface area contributed by atoms with Crippen LogP contribution in [0.5, 0.6) is 0 Å². The van der Waals surface area contributed by atoms with Crippen molar-refractivity contribution >= 4 is 0 Å². The molecular weight excluding hydrogens is 229 g/mol. The van der Waals surface area contributed by atoms with Crippen molar-refractivity contribution in [3.05, 3.63) is 71.0 Å². The summed E-state index contributed by atoms with van der Waals surface area (Å²) in [5.74, 6) is -3.52. The molecule has 0 spiro atoms. The molecule has 1 N–H and O–H groups in total. The molecular formula is C13H9F3O. The lowest BCUT2D eigenvalue weighted by atomic mass is 10.0. The molecule has 1 atom stereocenters. The van der Waals surface area contributed by atoms with Crippen molar-refractivity contribution in [3.63, 3.8) is 0 Å². The monoisotopic (exact) mass is 238 g/mol. The molecule has 4 heteroatoms. The van der Waals surface area contributed by atoms with Crippen molar-refractivity contribution in [2.75, 3.05) is 0 Å². The van der Waals surface area contributed by atoms with Crippen molar-refractivity contribution in [2.24, 2.45) is 0 Å². The maximum atomic E-state index is 13.4. The zero-order valence-electron chi connectivity index (χ0n) is 8.70. The first-order valence-corrected chi connectivity index (χ1v) is 4.97. The van der Waals surface area contributed by atoms with Gasteiger partial charge in [-0.15, -0.1) is 0 Å². The molecule has 0 aliphatic carbocycles. The summed E-state index contributed by atoms with van der Waals surface area (Å²) in [6, 6.07) is 9.44. The largest absolute Gasteiger partial charge is 0.383 e. The van der Waals surface area contributed by atoms with E-state index in [1.807, 2.05) is 0 Å². The highest BCUT2D eigenvalue weighted by atomic mass is 19.2. The standard InChI is InChI=1S/C13H9F3O/c14-9-6-7-10(15)12(16)11(9)13(17)8-4-2-1-3-5-8/h1-7,13,17H. The fraction of sp³-hybridized carbons (Fsp3) is 0.0769. The van der Waals surface area contributed by atoms with Crippen LogP contribution in [0.1, 0.15) is 17.2 Å². The summed E-state index contributed by atoms with van der Waals surface area (Å²) in [6.07, 6.45) is -1.52. The van der Waals surface area contributed by atoms with Gasteiger partial charge in [0, 0.05) is 0 Å². The molecule has 1 unspecified atom stereocenters. The molecule has 0 saturated heterocycles. The van der Waals surface area contributed by atoms with Gasteiger partial charge in [0.15, 0.2) is 11.6 Å². The smallest absolute Gasteiger partial charge is 0.167 e. The normalized spacial score (nSPS) is 12.5. The van der Waals surface area contributed by atoms with Crippen LogP contribution in [0.25, 0.3) is 0 Å². The van der Waals surface area contributed by atoms with Gasteiger partial charge in [-0.25, -0.2) is 13.2 Å². The van der Waals surface area contributed by atoms with Crippen LogP contribution in [0.3, 0.4) is 0 Å². The Balaban J connectivity index is 2.51. The molecule has 0 saturated carbocycles. The molecule has 0 heterocycles. The Bertz CT molecular complexity index is 526. The molecule has 2 aromatic carbocycles. The highest BCUT2D eigenvalue weighted by Crippen LogP contribution is 2.27. The summed E-state index contributed by atoms with van der Waals surface area (Å²) in [7, 11) is 0. The van der Waals surface area contributed by atoms with Gasteiger partial charge < -0.3 is 5.11 Å². The fourth-order valence-corrected chi connectivity index (χ4v) is 1.60. The molecule has 0 radical (unpaired) electrons. The average Bonchev–Trinajstić information content (AvgIpc) is 2.35. The van der Waals surface area contributed by atoms with Crippen molar-refractivity contribution in [2.45, 2.75) is 6.10 Å². The number of hydrogen-bond acceptors (Lipinski definition) is 1. The van der Waals surface area contributed by atoms with E-state index in [0.29, 0.717) is 11.6 Å². The zero-order valence-corrected chi connectivity index (χ0v) is 8.70. The van der Waals surface area contributed by atoms with E-state index in [0.717, 1.165) is 6.07 Å². The van der Waals surface area contributed by atoms with E-state index in [1.165, 1.54) is 12.1 Å². The molecule has 0 aromatic heterocycles. The second-order valence-corrected chi connectivity index (χ2v) is 3.57. The molecule has 2 rings (SSSR count). The molecule has 17 heavy (non-hydrogen) atoms. The van der Waals surface area contributed by atoms with E-state index >= 15 is 0 Å². The first-order chi connectivity index (χ1) is 8.11. The van der Waals surface area contributed by atoms with Gasteiger partial charge in [-0.1, -0.05) is 30.3 Å². The molecule has 0 bridgehead atoms. The molecule has 0 fully saturated rings. The molecule has 0 aliphatic rings. The third-order valence-corrected chi connectivity index (χ3v) is 2.47. The van der Waals surface area contributed by atoms with E-state index < -0.39 is 29.1 Å². The third-order valence-electron chi connectivity index (χ3n) is 2.47. The van der Waals surface area contributed by atoms with Crippen LogP contribution >= 0.6 is 0 Å². The Morgan fingerprint density at radius 2 is 1.41 bits per heavy atom. The summed E-state index contributed by atoms with van der Waals surface area (Å²) in [6.45, 7) is 0. The lowest BCUT2D eigenvalue weighted by molar-refractivity contribution is 0.207. The van der Waals surface area contributed by atoms with Gasteiger partial charge in [-0.05, 0) is 17.7 Å². The maximum Gasteiger partial charge on any atom is 0.167 e. The predicted molar refractivity (Wildman–Crippen MR) is 56.8 cm³/mol. The molecule has 2 aromatic rings. The number of halogens is 3. The third kappa shape index (κ3) is 2.17. The van der Waals surface area contributed by atoms with Gasteiger partial charge in [0.05, 0.1) is 5.56 Å². The number of aliphatic hydroxyl groups is 1. The molecule has 0 amide bonds. The average molecular weight is 238 g/mol. The zero-order chi connectivity index (χ0) is 12.4. The molecule has 0 aliphatic heterocycles. The summed E-state index contributed by atoms with van der Waals surface area (Å²) >= 11 is 0. The summed E-state index contributed by atoms with van der Waals surface area (Å²) in [4.78, 5) is 0. The SMILES string of the molecule is OC(c1ccccc1)c1c(F)ccc(F)c1F. The van der Waals surface area contributed by atoms with Crippen LogP contribution < -0.4 is 0 Å². The van der Waals surface area contributed by atoms with Crippen molar-refractivity contribution < 1.29 is 18.3 Å². The van der Waals surface area contributed by atoms with Gasteiger partial charge in [-0.2, -0.15) is 0 Å². The van der Waals surface area contributed by atoms with Crippen LogP contribution in [-0.2, 0) is 0 Å². The van der Waals surface area contributed by atoms with E-state index in [2.05, 4.69) is 0 Å². The Morgan fingerprint density at radius 3 is 2.06 bits per heavy atom. The summed E-state index contributed by atoms with van der Waals surface area (Å²) in [5.41, 5.74) is -0.368. The van der Waals surface area contributed by atoms with Gasteiger partial charge in [-0.3, -0.25) is 0 Å². The van der Waals surface area contributed by atoms with E-state index in [-0.39, 0.29) is 0 Å². The summed E-state index contributed by atoms with van der Waals surface area (Å²) < 4.78 is 39.8. The lowest BCUT2D eigenvalue weighted by Gasteiger charge is -2.13. The number of aliphatic hydroxyl groups excluding tert-OH is 1. The Morgan fingerprint density at radius 1 is 0.824 bits per heavy atom. The lowest BCUT2D eigenvalue weighted by Crippen LogP contribution is -2.07. The minimum absolute atomic E-state index is 0.302. The van der Waals surface area contributed by atoms with Crippen molar-refractivity contribution in [3.8, 4) is 0 Å². The first-order valence-electron chi connectivity index (χ1n) is 4.97. The fourth-order valence-electron chi connectivity index (χ4n) is 1.60. The van der Waals surface area contributed by atoms with Crippen molar-refractivity contribution in [1.82, 2.24) is 0 Å². The highest BCUT2D eigenvalue weighted by Gasteiger charge is 2.22. The number of benzene rings is 2. The van der Waals surface area contributed by atoms with Gasteiger partial charge in [0.2, 0.25) is 0 Å². The second kappa shape index (κ2) is 4.59. The Hall–Kier alpha value is -1.81. The first kappa shape index (κ1) is 11.7.